The van der Waals surface area contributed by atoms with Crippen LogP contribution in [0.4, 0.5) is 0 Å². The zero-order chi connectivity index (χ0) is 19.4. The smallest absolute Gasteiger partial charge is 0.225 e. The highest BCUT2D eigenvalue weighted by Gasteiger charge is 2.26. The largest absolute Gasteiger partial charge is 0.497 e. The number of amides is 1. The molecule has 2 aromatic carbocycles. The molecule has 152 valence electrons. The van der Waals surface area contributed by atoms with E-state index in [4.69, 9.17) is 4.74 Å². The summed E-state index contributed by atoms with van der Waals surface area (Å²) in [6.07, 6.45) is 1.97. The molecule has 1 aliphatic rings. The van der Waals surface area contributed by atoms with Crippen molar-refractivity contribution in [3.8, 4) is 5.75 Å². The van der Waals surface area contributed by atoms with Crippen LogP contribution >= 0.6 is 12.4 Å². The van der Waals surface area contributed by atoms with Gasteiger partial charge in [0.25, 0.3) is 0 Å². The summed E-state index contributed by atoms with van der Waals surface area (Å²) in [5.74, 6) is 0.600. The summed E-state index contributed by atoms with van der Waals surface area (Å²) in [6, 6.07) is 13.7. The summed E-state index contributed by atoms with van der Waals surface area (Å²) in [7, 11) is -1.74. The van der Waals surface area contributed by atoms with Crippen LogP contribution in [0.5, 0.6) is 5.75 Å². The number of hydrogen-bond donors (Lipinski definition) is 2. The second-order valence-corrected chi connectivity index (χ2v) is 8.76. The van der Waals surface area contributed by atoms with Crippen molar-refractivity contribution in [2.45, 2.75) is 17.4 Å². The Morgan fingerprint density at radius 3 is 2.46 bits per heavy atom. The van der Waals surface area contributed by atoms with E-state index in [2.05, 4.69) is 10.6 Å². The van der Waals surface area contributed by atoms with Gasteiger partial charge in [0.15, 0.2) is 9.84 Å². The molecule has 1 fully saturated rings. The summed E-state index contributed by atoms with van der Waals surface area (Å²) in [4.78, 5) is 12.9. The van der Waals surface area contributed by atoms with E-state index in [1.54, 1.807) is 25.3 Å². The predicted molar refractivity (Wildman–Crippen MR) is 111 cm³/mol. The molecule has 0 spiro atoms. The van der Waals surface area contributed by atoms with Gasteiger partial charge in [-0.05, 0) is 48.4 Å². The number of sulfone groups is 1. The fourth-order valence-electron chi connectivity index (χ4n) is 3.22. The normalized spacial score (nSPS) is 17.4. The summed E-state index contributed by atoms with van der Waals surface area (Å²) >= 11 is 0. The van der Waals surface area contributed by atoms with E-state index in [0.717, 1.165) is 24.1 Å². The SMILES string of the molecule is COc1ccc(C(NC(=O)C2CCNC2)c2cccc(S(C)(=O)=O)c2)cc1.Cl. The van der Waals surface area contributed by atoms with E-state index < -0.39 is 15.9 Å². The maximum absolute atomic E-state index is 12.7. The Hall–Kier alpha value is -2.09. The van der Waals surface area contributed by atoms with Crippen LogP contribution in [0.25, 0.3) is 0 Å². The fraction of sp³-hybridized carbons (Fsp3) is 0.350. The number of rotatable bonds is 6. The van der Waals surface area contributed by atoms with Crippen LogP contribution in [0.2, 0.25) is 0 Å². The monoisotopic (exact) mass is 424 g/mol. The number of carbonyl (C=O) groups excluding carboxylic acids is 1. The van der Waals surface area contributed by atoms with Crippen molar-refractivity contribution in [1.29, 1.82) is 0 Å². The molecule has 2 atom stereocenters. The third-order valence-corrected chi connectivity index (χ3v) is 5.90. The number of carbonyl (C=O) groups is 1. The molecule has 0 aliphatic carbocycles. The van der Waals surface area contributed by atoms with Gasteiger partial charge in [0.1, 0.15) is 5.75 Å². The van der Waals surface area contributed by atoms with Crippen molar-refractivity contribution < 1.29 is 17.9 Å². The molecule has 3 rings (SSSR count). The second kappa shape index (κ2) is 9.41. The molecule has 6 nitrogen and oxygen atoms in total. The third kappa shape index (κ3) is 5.25. The molecule has 0 radical (unpaired) electrons. The van der Waals surface area contributed by atoms with Crippen molar-refractivity contribution in [3.63, 3.8) is 0 Å². The molecule has 0 aromatic heterocycles. The quantitative estimate of drug-likeness (QED) is 0.743. The van der Waals surface area contributed by atoms with E-state index in [1.807, 2.05) is 30.3 Å². The zero-order valence-electron chi connectivity index (χ0n) is 15.8. The minimum Gasteiger partial charge on any atom is -0.497 e. The van der Waals surface area contributed by atoms with Gasteiger partial charge >= 0.3 is 0 Å². The van der Waals surface area contributed by atoms with Crippen LogP contribution in [0.15, 0.2) is 53.4 Å². The van der Waals surface area contributed by atoms with Gasteiger partial charge in [0.05, 0.1) is 24.0 Å². The first-order valence-electron chi connectivity index (χ1n) is 8.83. The van der Waals surface area contributed by atoms with Crippen LogP contribution in [0.3, 0.4) is 0 Å². The van der Waals surface area contributed by atoms with Crippen molar-refractivity contribution in [1.82, 2.24) is 10.6 Å². The van der Waals surface area contributed by atoms with Crippen molar-refractivity contribution in [2.75, 3.05) is 26.5 Å². The van der Waals surface area contributed by atoms with E-state index >= 15 is 0 Å². The van der Waals surface area contributed by atoms with Gasteiger partial charge < -0.3 is 15.4 Å². The number of ether oxygens (including phenoxy) is 1. The molecule has 28 heavy (non-hydrogen) atoms. The fourth-order valence-corrected chi connectivity index (χ4v) is 3.89. The Bertz CT molecular complexity index is 910. The van der Waals surface area contributed by atoms with Crippen molar-refractivity contribution in [3.05, 3.63) is 59.7 Å². The average Bonchev–Trinajstić information content (AvgIpc) is 3.20. The lowest BCUT2D eigenvalue weighted by atomic mass is 9.97. The molecule has 2 N–H and O–H groups in total. The molecule has 0 saturated carbocycles. The lowest BCUT2D eigenvalue weighted by Gasteiger charge is -2.22. The van der Waals surface area contributed by atoms with Crippen LogP contribution in [0.1, 0.15) is 23.6 Å². The van der Waals surface area contributed by atoms with Gasteiger partial charge in [0, 0.05) is 12.8 Å². The zero-order valence-corrected chi connectivity index (χ0v) is 17.5. The first-order valence-corrected chi connectivity index (χ1v) is 10.7. The molecular formula is C20H25ClN2O4S. The lowest BCUT2D eigenvalue weighted by molar-refractivity contribution is -0.124. The van der Waals surface area contributed by atoms with Gasteiger partial charge in [-0.1, -0.05) is 24.3 Å². The van der Waals surface area contributed by atoms with E-state index in [0.29, 0.717) is 12.3 Å². The Kier molecular flexibility index (Phi) is 7.46. The Labute approximate surface area is 172 Å². The standard InChI is InChI=1S/C20H24N2O4S.ClH/c1-26-17-8-6-14(7-9-17)19(22-20(23)16-10-11-21-13-16)15-4-3-5-18(12-15)27(2,24)25;/h3-9,12,16,19,21H,10-11,13H2,1-2H3,(H,22,23);1H. The Morgan fingerprint density at radius 1 is 1.18 bits per heavy atom. The van der Waals surface area contributed by atoms with E-state index in [-0.39, 0.29) is 29.1 Å². The van der Waals surface area contributed by atoms with Crippen LogP contribution in [-0.2, 0) is 14.6 Å². The van der Waals surface area contributed by atoms with E-state index in [9.17, 15) is 13.2 Å². The Morgan fingerprint density at radius 2 is 1.89 bits per heavy atom. The predicted octanol–water partition coefficient (Wildman–Crippen LogP) is 2.34. The molecule has 0 bridgehead atoms. The average molecular weight is 425 g/mol. The van der Waals surface area contributed by atoms with Crippen LogP contribution in [0, 0.1) is 5.92 Å². The lowest BCUT2D eigenvalue weighted by Crippen LogP contribution is -2.35. The highest BCUT2D eigenvalue weighted by molar-refractivity contribution is 7.90. The molecule has 1 aliphatic heterocycles. The molecular weight excluding hydrogens is 400 g/mol. The highest BCUT2D eigenvalue weighted by Crippen LogP contribution is 2.27. The van der Waals surface area contributed by atoms with Crippen LogP contribution < -0.4 is 15.4 Å². The van der Waals surface area contributed by atoms with Gasteiger partial charge in [0.2, 0.25) is 5.91 Å². The highest BCUT2D eigenvalue weighted by atomic mass is 35.5. The molecule has 1 heterocycles. The summed E-state index contributed by atoms with van der Waals surface area (Å²) in [5.41, 5.74) is 1.59. The number of methoxy groups -OCH3 is 1. The number of halogens is 1. The van der Waals surface area contributed by atoms with Crippen molar-refractivity contribution >= 4 is 28.2 Å². The maximum Gasteiger partial charge on any atom is 0.225 e. The van der Waals surface area contributed by atoms with Gasteiger partial charge in [-0.15, -0.1) is 12.4 Å². The van der Waals surface area contributed by atoms with Crippen LogP contribution in [-0.4, -0.2) is 40.8 Å². The maximum atomic E-state index is 12.7. The summed E-state index contributed by atoms with van der Waals surface area (Å²) < 4.78 is 29.1. The number of nitrogens with one attached hydrogen (secondary N) is 2. The molecule has 2 aromatic rings. The number of hydrogen-bond acceptors (Lipinski definition) is 5. The first-order chi connectivity index (χ1) is 12.9. The molecule has 8 heteroatoms. The van der Waals surface area contributed by atoms with Crippen molar-refractivity contribution in [2.24, 2.45) is 5.92 Å². The summed E-state index contributed by atoms with van der Waals surface area (Å²) in [6.45, 7) is 1.49. The minimum atomic E-state index is -3.34. The topological polar surface area (TPSA) is 84.5 Å². The molecule has 1 amide bonds. The Balaban J connectivity index is 0.00000280. The summed E-state index contributed by atoms with van der Waals surface area (Å²) in [5, 5.41) is 6.29. The van der Waals surface area contributed by atoms with Gasteiger partial charge in [-0.25, -0.2) is 8.42 Å². The van der Waals surface area contributed by atoms with E-state index in [1.165, 1.54) is 6.26 Å². The number of benzene rings is 2. The minimum absolute atomic E-state index is 0. The van der Waals surface area contributed by atoms with Gasteiger partial charge in [-0.2, -0.15) is 0 Å². The second-order valence-electron chi connectivity index (χ2n) is 6.75. The first kappa shape index (κ1) is 22.2. The molecule has 1 saturated heterocycles. The van der Waals surface area contributed by atoms with Gasteiger partial charge in [-0.3, -0.25) is 4.79 Å². The molecule has 2 unspecified atom stereocenters. The third-order valence-electron chi connectivity index (χ3n) is 4.79.